The lowest BCUT2D eigenvalue weighted by Gasteiger charge is -2.24. The maximum atomic E-state index is 10.7. The van der Waals surface area contributed by atoms with Gasteiger partial charge in [0.2, 0.25) is 0 Å². The molecule has 0 aliphatic rings. The van der Waals surface area contributed by atoms with E-state index in [1.807, 2.05) is 23.6 Å². The summed E-state index contributed by atoms with van der Waals surface area (Å²) in [6.45, 7) is 2.00. The molecular formula is C20H21NO4S. The van der Waals surface area contributed by atoms with Gasteiger partial charge in [0.05, 0.1) is 12.8 Å². The number of aliphatic hydroxyl groups is 1. The molecule has 1 aromatic carbocycles. The van der Waals surface area contributed by atoms with Crippen molar-refractivity contribution in [2.45, 2.75) is 19.2 Å². The average Bonchev–Trinajstić information content (AvgIpc) is 3.34. The van der Waals surface area contributed by atoms with Crippen LogP contribution in [-0.4, -0.2) is 35.5 Å². The molecular weight excluding hydrogens is 350 g/mol. The van der Waals surface area contributed by atoms with E-state index in [4.69, 9.17) is 9.15 Å². The lowest BCUT2D eigenvalue weighted by atomic mass is 10.2. The summed E-state index contributed by atoms with van der Waals surface area (Å²) in [5.74, 6) is 1.49. The van der Waals surface area contributed by atoms with E-state index in [0.29, 0.717) is 24.4 Å². The number of carbonyl (C=O) groups is 1. The second-order valence-electron chi connectivity index (χ2n) is 5.98. The number of thiophene rings is 1. The van der Waals surface area contributed by atoms with Crippen LogP contribution in [0.3, 0.4) is 0 Å². The van der Waals surface area contributed by atoms with Gasteiger partial charge in [0, 0.05) is 23.5 Å². The van der Waals surface area contributed by atoms with Crippen molar-refractivity contribution >= 4 is 17.6 Å². The number of hydrogen-bond donors (Lipinski definition) is 1. The van der Waals surface area contributed by atoms with Gasteiger partial charge in [-0.05, 0) is 47.8 Å². The van der Waals surface area contributed by atoms with Crippen LogP contribution < -0.4 is 4.74 Å². The van der Waals surface area contributed by atoms with Crippen LogP contribution >= 0.6 is 11.3 Å². The molecule has 2 heterocycles. The number of aldehydes is 1. The number of benzene rings is 1. The molecule has 0 radical (unpaired) electrons. The van der Waals surface area contributed by atoms with Crippen LogP contribution in [-0.2, 0) is 13.1 Å². The second kappa shape index (κ2) is 9.33. The fraction of sp³-hybridized carbons (Fsp3) is 0.250. The zero-order valence-electron chi connectivity index (χ0n) is 14.3. The predicted octanol–water partition coefficient (Wildman–Crippen LogP) is 3.60. The van der Waals surface area contributed by atoms with E-state index >= 15 is 0 Å². The van der Waals surface area contributed by atoms with Crippen LogP contribution in [0.15, 0.2) is 64.6 Å². The highest BCUT2D eigenvalue weighted by molar-refractivity contribution is 7.09. The highest BCUT2D eigenvalue weighted by atomic mass is 32.1. The number of nitrogens with zero attached hydrogens (tertiary/aromatic N) is 1. The first kappa shape index (κ1) is 18.4. The summed E-state index contributed by atoms with van der Waals surface area (Å²) in [6, 6.07) is 14.7. The zero-order chi connectivity index (χ0) is 18.2. The zero-order valence-corrected chi connectivity index (χ0v) is 15.1. The fourth-order valence-electron chi connectivity index (χ4n) is 2.62. The number of furan rings is 1. The van der Waals surface area contributed by atoms with Gasteiger partial charge in [-0.2, -0.15) is 0 Å². The second-order valence-corrected chi connectivity index (χ2v) is 7.01. The molecule has 1 unspecified atom stereocenters. The standard InChI is InChI=1S/C20H21NO4S/c22-14-16-5-7-18(8-6-16)25-15-17(23)11-21(12-19-3-1-9-24-19)13-20-4-2-10-26-20/h1-10,14,17,23H,11-13,15H2. The molecule has 3 aromatic rings. The Morgan fingerprint density at radius 2 is 2.00 bits per heavy atom. The van der Waals surface area contributed by atoms with E-state index in [-0.39, 0.29) is 6.61 Å². The quantitative estimate of drug-likeness (QED) is 0.552. The minimum atomic E-state index is -0.643. The van der Waals surface area contributed by atoms with Crippen molar-refractivity contribution in [3.63, 3.8) is 0 Å². The molecule has 0 saturated heterocycles. The minimum Gasteiger partial charge on any atom is -0.491 e. The fourth-order valence-corrected chi connectivity index (χ4v) is 3.36. The first-order valence-electron chi connectivity index (χ1n) is 8.36. The Morgan fingerprint density at radius 3 is 2.65 bits per heavy atom. The van der Waals surface area contributed by atoms with Crippen LogP contribution in [0.2, 0.25) is 0 Å². The Hall–Kier alpha value is -2.41. The van der Waals surface area contributed by atoms with Crippen LogP contribution in [0.4, 0.5) is 0 Å². The predicted molar refractivity (Wildman–Crippen MR) is 100 cm³/mol. The lowest BCUT2D eigenvalue weighted by molar-refractivity contribution is 0.0608. The monoisotopic (exact) mass is 371 g/mol. The Morgan fingerprint density at radius 1 is 1.15 bits per heavy atom. The number of aliphatic hydroxyl groups excluding tert-OH is 1. The number of hydrogen-bond acceptors (Lipinski definition) is 6. The third-order valence-corrected chi connectivity index (χ3v) is 4.71. The van der Waals surface area contributed by atoms with Crippen molar-refractivity contribution in [1.82, 2.24) is 4.90 Å². The van der Waals surface area contributed by atoms with E-state index in [9.17, 15) is 9.90 Å². The molecule has 136 valence electrons. The van der Waals surface area contributed by atoms with Crippen molar-refractivity contribution in [2.75, 3.05) is 13.2 Å². The summed E-state index contributed by atoms with van der Waals surface area (Å²) in [4.78, 5) is 14.0. The average molecular weight is 371 g/mol. The minimum absolute atomic E-state index is 0.180. The smallest absolute Gasteiger partial charge is 0.150 e. The number of rotatable bonds is 10. The van der Waals surface area contributed by atoms with Gasteiger partial charge >= 0.3 is 0 Å². The third-order valence-electron chi connectivity index (χ3n) is 3.85. The summed E-state index contributed by atoms with van der Waals surface area (Å²) in [5, 5.41) is 12.4. The molecule has 0 amide bonds. The van der Waals surface area contributed by atoms with Crippen molar-refractivity contribution in [3.8, 4) is 5.75 Å². The number of carbonyl (C=O) groups excluding carboxylic acids is 1. The summed E-state index contributed by atoms with van der Waals surface area (Å²) < 4.78 is 11.1. The maximum Gasteiger partial charge on any atom is 0.150 e. The Kier molecular flexibility index (Phi) is 6.60. The Balaban J connectivity index is 1.54. The number of ether oxygens (including phenoxy) is 1. The van der Waals surface area contributed by atoms with Crippen molar-refractivity contribution < 1.29 is 19.1 Å². The highest BCUT2D eigenvalue weighted by Gasteiger charge is 2.15. The molecule has 0 saturated carbocycles. The molecule has 6 heteroatoms. The molecule has 0 aliphatic carbocycles. The summed E-state index contributed by atoms with van der Waals surface area (Å²) >= 11 is 1.69. The van der Waals surface area contributed by atoms with Crippen LogP contribution in [0, 0.1) is 0 Å². The van der Waals surface area contributed by atoms with E-state index in [1.54, 1.807) is 41.9 Å². The van der Waals surface area contributed by atoms with E-state index in [2.05, 4.69) is 11.0 Å². The van der Waals surface area contributed by atoms with E-state index in [0.717, 1.165) is 18.6 Å². The molecule has 0 fully saturated rings. The molecule has 1 atom stereocenters. The van der Waals surface area contributed by atoms with Gasteiger partial charge in [0.25, 0.3) is 0 Å². The summed E-state index contributed by atoms with van der Waals surface area (Å²) in [6.07, 6.45) is 1.80. The van der Waals surface area contributed by atoms with E-state index in [1.165, 1.54) is 4.88 Å². The molecule has 5 nitrogen and oxygen atoms in total. The highest BCUT2D eigenvalue weighted by Crippen LogP contribution is 2.16. The normalized spacial score (nSPS) is 12.2. The van der Waals surface area contributed by atoms with Gasteiger partial charge in [0.1, 0.15) is 30.5 Å². The Labute approximate surface area is 156 Å². The molecule has 3 rings (SSSR count). The lowest BCUT2D eigenvalue weighted by Crippen LogP contribution is -2.34. The van der Waals surface area contributed by atoms with Crippen LogP contribution in [0.5, 0.6) is 5.75 Å². The van der Waals surface area contributed by atoms with Crippen LogP contribution in [0.25, 0.3) is 0 Å². The van der Waals surface area contributed by atoms with Crippen molar-refractivity contribution in [2.24, 2.45) is 0 Å². The Bertz CT molecular complexity index is 733. The molecule has 0 bridgehead atoms. The molecule has 26 heavy (non-hydrogen) atoms. The largest absolute Gasteiger partial charge is 0.491 e. The first-order chi connectivity index (χ1) is 12.7. The van der Waals surface area contributed by atoms with Gasteiger partial charge in [0.15, 0.2) is 0 Å². The topological polar surface area (TPSA) is 62.9 Å². The molecule has 0 spiro atoms. The maximum absolute atomic E-state index is 10.7. The van der Waals surface area contributed by atoms with Crippen molar-refractivity contribution in [1.29, 1.82) is 0 Å². The van der Waals surface area contributed by atoms with Gasteiger partial charge in [-0.1, -0.05) is 6.07 Å². The van der Waals surface area contributed by atoms with Gasteiger partial charge in [-0.3, -0.25) is 9.69 Å². The van der Waals surface area contributed by atoms with Crippen molar-refractivity contribution in [3.05, 3.63) is 76.4 Å². The third kappa shape index (κ3) is 5.56. The van der Waals surface area contributed by atoms with Gasteiger partial charge in [-0.25, -0.2) is 0 Å². The summed E-state index contributed by atoms with van der Waals surface area (Å²) in [5.41, 5.74) is 0.596. The van der Waals surface area contributed by atoms with Gasteiger partial charge in [-0.15, -0.1) is 11.3 Å². The molecule has 0 aliphatic heterocycles. The van der Waals surface area contributed by atoms with Crippen LogP contribution in [0.1, 0.15) is 21.0 Å². The molecule has 2 aromatic heterocycles. The van der Waals surface area contributed by atoms with Gasteiger partial charge < -0.3 is 14.3 Å². The molecule has 1 N–H and O–H groups in total. The first-order valence-corrected chi connectivity index (χ1v) is 9.24. The SMILES string of the molecule is O=Cc1ccc(OCC(O)CN(Cc2ccco2)Cc2cccs2)cc1. The van der Waals surface area contributed by atoms with E-state index < -0.39 is 6.10 Å². The summed E-state index contributed by atoms with van der Waals surface area (Å²) in [7, 11) is 0.